The number of allylic oxidation sites excluding steroid dienone is 1. The summed E-state index contributed by atoms with van der Waals surface area (Å²) in [6.45, 7) is 1.61. The van der Waals surface area contributed by atoms with Gasteiger partial charge >= 0.3 is 0 Å². The van der Waals surface area contributed by atoms with E-state index in [-0.39, 0.29) is 17.1 Å². The first-order valence-electron chi connectivity index (χ1n) is 4.10. The lowest BCUT2D eigenvalue weighted by Crippen LogP contribution is -2.47. The number of hydroxylamine groups is 2. The SMILES string of the molecule is CC#CC1=C2C(=O)N(O)C(N)N=C2N=N1. The number of amidine groups is 1. The minimum Gasteiger partial charge on any atom is -0.290 e. The number of hydrogen-bond donors (Lipinski definition) is 2. The Morgan fingerprint density at radius 3 is 2.93 bits per heavy atom. The lowest BCUT2D eigenvalue weighted by molar-refractivity contribution is -0.170. The molecule has 76 valence electrons. The standard InChI is InChI=1S/C8H7N5O2/c1-2-3-4-5-6(12-11-4)10-8(9)13(15)7(5)14/h8,15H,9H2,1H3. The fourth-order valence-electron chi connectivity index (χ4n) is 1.21. The Hall–Kier alpha value is -2.04. The highest BCUT2D eigenvalue weighted by molar-refractivity contribution is 6.23. The van der Waals surface area contributed by atoms with Crippen molar-refractivity contribution >= 4 is 11.7 Å². The highest BCUT2D eigenvalue weighted by atomic mass is 16.5. The van der Waals surface area contributed by atoms with Gasteiger partial charge in [-0.2, -0.15) is 5.06 Å². The molecule has 0 aromatic rings. The van der Waals surface area contributed by atoms with E-state index in [0.29, 0.717) is 5.06 Å². The highest BCUT2D eigenvalue weighted by Gasteiger charge is 2.36. The second-order valence-electron chi connectivity index (χ2n) is 2.81. The van der Waals surface area contributed by atoms with Crippen molar-refractivity contribution in [2.75, 3.05) is 0 Å². The number of aliphatic imine (C=N–C) groups is 1. The lowest BCUT2D eigenvalue weighted by atomic mass is 10.1. The smallest absolute Gasteiger partial charge is 0.287 e. The molecule has 2 aliphatic rings. The van der Waals surface area contributed by atoms with Crippen LogP contribution in [0, 0.1) is 11.8 Å². The number of carbonyl (C=O) groups excluding carboxylic acids is 1. The molecular weight excluding hydrogens is 198 g/mol. The van der Waals surface area contributed by atoms with Crippen LogP contribution < -0.4 is 5.73 Å². The van der Waals surface area contributed by atoms with Crippen LogP contribution in [0.1, 0.15) is 6.92 Å². The number of nitrogens with two attached hydrogens (primary N) is 1. The molecule has 0 bridgehead atoms. The van der Waals surface area contributed by atoms with Crippen molar-refractivity contribution in [1.29, 1.82) is 0 Å². The Kier molecular flexibility index (Phi) is 2.07. The van der Waals surface area contributed by atoms with Gasteiger partial charge in [-0.25, -0.2) is 4.99 Å². The molecule has 3 N–H and O–H groups in total. The average molecular weight is 205 g/mol. The van der Waals surface area contributed by atoms with E-state index in [0.717, 1.165) is 0 Å². The van der Waals surface area contributed by atoms with E-state index in [4.69, 9.17) is 5.73 Å². The molecule has 1 amide bonds. The first-order valence-corrected chi connectivity index (χ1v) is 4.10. The number of rotatable bonds is 0. The summed E-state index contributed by atoms with van der Waals surface area (Å²) in [4.78, 5) is 15.3. The zero-order valence-electron chi connectivity index (χ0n) is 7.80. The Morgan fingerprint density at radius 2 is 2.27 bits per heavy atom. The third kappa shape index (κ3) is 1.32. The maximum atomic E-state index is 11.6. The maximum Gasteiger partial charge on any atom is 0.287 e. The molecule has 0 aromatic heterocycles. The summed E-state index contributed by atoms with van der Waals surface area (Å²) in [7, 11) is 0. The topological polar surface area (TPSA) is 104 Å². The summed E-state index contributed by atoms with van der Waals surface area (Å²) in [6, 6.07) is 0. The van der Waals surface area contributed by atoms with Crippen LogP contribution in [-0.2, 0) is 4.79 Å². The molecule has 0 aromatic carbocycles. The third-order valence-corrected chi connectivity index (χ3v) is 1.88. The fraction of sp³-hybridized carbons (Fsp3) is 0.250. The second-order valence-corrected chi connectivity index (χ2v) is 2.81. The van der Waals surface area contributed by atoms with Crippen LogP contribution in [0.4, 0.5) is 0 Å². The molecule has 2 aliphatic heterocycles. The Balaban J connectivity index is 2.56. The number of carbonyl (C=O) groups is 1. The lowest BCUT2D eigenvalue weighted by Gasteiger charge is -2.23. The Morgan fingerprint density at radius 1 is 1.53 bits per heavy atom. The predicted octanol–water partition coefficient (Wildman–Crippen LogP) is -0.398. The fourth-order valence-corrected chi connectivity index (χ4v) is 1.21. The van der Waals surface area contributed by atoms with Crippen LogP contribution in [0.5, 0.6) is 0 Å². The minimum atomic E-state index is -1.14. The number of hydrogen-bond acceptors (Lipinski definition) is 6. The number of fused-ring (bicyclic) bond motifs is 1. The van der Waals surface area contributed by atoms with Gasteiger partial charge in [0.1, 0.15) is 5.57 Å². The van der Waals surface area contributed by atoms with Crippen LogP contribution in [0.15, 0.2) is 26.5 Å². The maximum absolute atomic E-state index is 11.6. The molecule has 0 aliphatic carbocycles. The monoisotopic (exact) mass is 205 g/mol. The van der Waals surface area contributed by atoms with Crippen LogP contribution in [0.3, 0.4) is 0 Å². The van der Waals surface area contributed by atoms with Crippen LogP contribution >= 0.6 is 0 Å². The van der Waals surface area contributed by atoms with E-state index in [9.17, 15) is 10.0 Å². The normalized spacial score (nSPS) is 23.7. The first kappa shape index (κ1) is 9.51. The molecule has 0 saturated heterocycles. The number of azo groups is 1. The molecule has 2 rings (SSSR count). The van der Waals surface area contributed by atoms with Gasteiger partial charge in [0, 0.05) is 0 Å². The van der Waals surface area contributed by atoms with Gasteiger partial charge in [0.15, 0.2) is 11.5 Å². The van der Waals surface area contributed by atoms with Gasteiger partial charge in [0.25, 0.3) is 5.91 Å². The molecule has 1 atom stereocenters. The molecule has 0 spiro atoms. The summed E-state index contributed by atoms with van der Waals surface area (Å²) >= 11 is 0. The summed E-state index contributed by atoms with van der Waals surface area (Å²) in [5.41, 5.74) is 5.64. The van der Waals surface area contributed by atoms with E-state index in [1.807, 2.05) is 0 Å². The number of amides is 1. The highest BCUT2D eigenvalue weighted by Crippen LogP contribution is 2.23. The van der Waals surface area contributed by atoms with Crippen molar-refractivity contribution in [2.24, 2.45) is 21.0 Å². The van der Waals surface area contributed by atoms with E-state index in [2.05, 4.69) is 27.1 Å². The molecule has 15 heavy (non-hydrogen) atoms. The van der Waals surface area contributed by atoms with Crippen molar-refractivity contribution in [3.63, 3.8) is 0 Å². The first-order chi connectivity index (χ1) is 7.15. The van der Waals surface area contributed by atoms with Gasteiger partial charge in [-0.15, -0.1) is 10.2 Å². The third-order valence-electron chi connectivity index (χ3n) is 1.88. The molecule has 1 unspecified atom stereocenters. The van der Waals surface area contributed by atoms with Gasteiger partial charge in [-0.1, -0.05) is 5.92 Å². The van der Waals surface area contributed by atoms with E-state index >= 15 is 0 Å². The molecule has 0 saturated carbocycles. The Labute approximate surface area is 84.9 Å². The molecule has 7 nitrogen and oxygen atoms in total. The molecular formula is C8H7N5O2. The van der Waals surface area contributed by atoms with Crippen molar-refractivity contribution in [3.05, 3.63) is 11.3 Å². The molecule has 7 heteroatoms. The quantitative estimate of drug-likeness (QED) is 0.415. The van der Waals surface area contributed by atoms with E-state index in [1.54, 1.807) is 6.92 Å². The van der Waals surface area contributed by atoms with Crippen LogP contribution in [-0.4, -0.2) is 28.3 Å². The van der Waals surface area contributed by atoms with Crippen molar-refractivity contribution in [1.82, 2.24) is 5.06 Å². The average Bonchev–Trinajstić information content (AvgIpc) is 2.59. The van der Waals surface area contributed by atoms with Crippen molar-refractivity contribution in [2.45, 2.75) is 13.2 Å². The largest absolute Gasteiger partial charge is 0.290 e. The van der Waals surface area contributed by atoms with E-state index < -0.39 is 12.2 Å². The second kappa shape index (κ2) is 3.27. The van der Waals surface area contributed by atoms with Crippen molar-refractivity contribution in [3.8, 4) is 11.8 Å². The summed E-state index contributed by atoms with van der Waals surface area (Å²) in [5.74, 6) is 4.62. The predicted molar refractivity (Wildman–Crippen MR) is 49.4 cm³/mol. The van der Waals surface area contributed by atoms with Gasteiger partial charge < -0.3 is 0 Å². The van der Waals surface area contributed by atoms with Crippen LogP contribution in [0.2, 0.25) is 0 Å². The van der Waals surface area contributed by atoms with Gasteiger partial charge in [-0.3, -0.25) is 15.7 Å². The van der Waals surface area contributed by atoms with Gasteiger partial charge in [-0.05, 0) is 12.8 Å². The Bertz CT molecular complexity index is 479. The molecule has 2 heterocycles. The summed E-state index contributed by atoms with van der Waals surface area (Å²) in [6.07, 6.45) is -1.14. The van der Waals surface area contributed by atoms with Gasteiger partial charge in [0.05, 0.1) is 0 Å². The zero-order valence-corrected chi connectivity index (χ0v) is 7.80. The zero-order chi connectivity index (χ0) is 11.0. The van der Waals surface area contributed by atoms with Gasteiger partial charge in [0.2, 0.25) is 6.29 Å². The summed E-state index contributed by atoms with van der Waals surface area (Å²) in [5, 5.41) is 16.9. The van der Waals surface area contributed by atoms with Crippen LogP contribution in [0.25, 0.3) is 0 Å². The molecule has 0 radical (unpaired) electrons. The molecule has 0 fully saturated rings. The van der Waals surface area contributed by atoms with Crippen molar-refractivity contribution < 1.29 is 10.0 Å². The minimum absolute atomic E-state index is 0.0913. The summed E-state index contributed by atoms with van der Waals surface area (Å²) < 4.78 is 0. The van der Waals surface area contributed by atoms with E-state index in [1.165, 1.54) is 0 Å². The number of nitrogens with zero attached hydrogens (tertiary/aromatic N) is 4.